The Labute approximate surface area is 204 Å². The third kappa shape index (κ3) is 3.48. The van der Waals surface area contributed by atoms with E-state index in [1.807, 2.05) is 14.5 Å². The van der Waals surface area contributed by atoms with Crippen LogP contribution < -0.4 is 0 Å². The fourth-order valence-corrected chi connectivity index (χ4v) is 5.43. The van der Waals surface area contributed by atoms with Crippen molar-refractivity contribution >= 4 is 28.6 Å². The average Bonchev–Trinajstić information content (AvgIpc) is 3.77. The van der Waals surface area contributed by atoms with Crippen molar-refractivity contribution in [1.29, 1.82) is 0 Å². The first-order chi connectivity index (χ1) is 17.0. The Bertz CT molecular complexity index is 1370. The highest BCUT2D eigenvalue weighted by molar-refractivity contribution is 6.16. The minimum atomic E-state index is -0.522. The van der Waals surface area contributed by atoms with Crippen LogP contribution in [0.15, 0.2) is 53.7 Å². The second kappa shape index (κ2) is 7.51. The molecule has 35 heavy (non-hydrogen) atoms. The second-order valence-electron chi connectivity index (χ2n) is 10.6. The van der Waals surface area contributed by atoms with Crippen LogP contribution in [0, 0.1) is 11.8 Å². The van der Waals surface area contributed by atoms with Gasteiger partial charge in [-0.25, -0.2) is 0 Å². The Morgan fingerprint density at radius 3 is 2.43 bits per heavy atom. The standard InChI is InChI=1S/C28H29N5O2/c1-2-32-17-23-13-22(9-10-24(23)30-32)19-3-5-20(6-4-19)25-29-28(11-12-28)27(35)33(25)16-18-14-31(15-18)26(34)21-7-8-21/h3-6,9-10,13,17-18,21H,2,7-8,11-12,14-16H2,1H3. The fourth-order valence-electron chi connectivity index (χ4n) is 5.43. The first-order valence-electron chi connectivity index (χ1n) is 12.8. The SMILES string of the molecule is CCn1cc2cc(-c3ccc(C4=NC5(CC5)C(=O)N4CC4CN(C(=O)C5CC5)C4)cc3)ccc2n1. The molecule has 2 saturated carbocycles. The molecule has 1 aromatic heterocycles. The smallest absolute Gasteiger partial charge is 0.256 e. The highest BCUT2D eigenvalue weighted by atomic mass is 16.2. The third-order valence-corrected chi connectivity index (χ3v) is 7.93. The van der Waals surface area contributed by atoms with Gasteiger partial charge in [-0.1, -0.05) is 30.3 Å². The normalized spacial score (nSPS) is 21.1. The number of nitrogens with zero attached hydrogens (tertiary/aromatic N) is 5. The molecule has 1 spiro atoms. The van der Waals surface area contributed by atoms with Gasteiger partial charge in [-0.2, -0.15) is 5.10 Å². The van der Waals surface area contributed by atoms with E-state index in [1.165, 1.54) is 0 Å². The van der Waals surface area contributed by atoms with E-state index in [2.05, 4.69) is 60.7 Å². The Balaban J connectivity index is 1.10. The molecule has 4 aliphatic rings. The van der Waals surface area contributed by atoms with Crippen molar-refractivity contribution in [2.75, 3.05) is 19.6 Å². The van der Waals surface area contributed by atoms with E-state index in [0.29, 0.717) is 18.4 Å². The molecular formula is C28H29N5O2. The highest BCUT2D eigenvalue weighted by Gasteiger charge is 2.57. The summed E-state index contributed by atoms with van der Waals surface area (Å²) in [5.74, 6) is 1.83. The van der Waals surface area contributed by atoms with E-state index in [1.54, 1.807) is 0 Å². The third-order valence-electron chi connectivity index (χ3n) is 7.93. The number of likely N-dealkylation sites (tertiary alicyclic amines) is 1. The molecule has 0 N–H and O–H groups in total. The summed E-state index contributed by atoms with van der Waals surface area (Å²) in [7, 11) is 0. The molecule has 3 aromatic rings. The molecule has 0 bridgehead atoms. The molecule has 7 nitrogen and oxygen atoms in total. The van der Waals surface area contributed by atoms with Gasteiger partial charge in [0.25, 0.3) is 5.91 Å². The number of aliphatic imine (C=N–C) groups is 1. The topological polar surface area (TPSA) is 70.8 Å². The monoisotopic (exact) mass is 467 g/mol. The molecule has 2 amide bonds. The van der Waals surface area contributed by atoms with Gasteiger partial charge in [-0.15, -0.1) is 0 Å². The van der Waals surface area contributed by atoms with E-state index < -0.39 is 5.54 Å². The Morgan fingerprint density at radius 2 is 1.74 bits per heavy atom. The average molecular weight is 468 g/mol. The van der Waals surface area contributed by atoms with Gasteiger partial charge in [0.15, 0.2) is 0 Å². The number of hydrogen-bond acceptors (Lipinski definition) is 4. The fraction of sp³-hybridized carbons (Fsp3) is 0.429. The minimum Gasteiger partial charge on any atom is -0.342 e. The number of benzene rings is 2. The summed E-state index contributed by atoms with van der Waals surface area (Å²) in [4.78, 5) is 34.3. The predicted molar refractivity (Wildman–Crippen MR) is 134 cm³/mol. The van der Waals surface area contributed by atoms with E-state index in [-0.39, 0.29) is 11.8 Å². The highest BCUT2D eigenvalue weighted by Crippen LogP contribution is 2.46. The van der Waals surface area contributed by atoms with E-state index in [0.717, 1.165) is 78.7 Å². The van der Waals surface area contributed by atoms with Crippen molar-refractivity contribution in [2.24, 2.45) is 16.8 Å². The number of aryl methyl sites for hydroxylation is 1. The van der Waals surface area contributed by atoms with Crippen molar-refractivity contribution in [1.82, 2.24) is 19.6 Å². The molecule has 7 heteroatoms. The van der Waals surface area contributed by atoms with Crippen LogP contribution in [-0.4, -0.2) is 62.4 Å². The summed E-state index contributed by atoms with van der Waals surface area (Å²) >= 11 is 0. The molecule has 3 fully saturated rings. The molecule has 0 radical (unpaired) electrons. The van der Waals surface area contributed by atoms with Crippen molar-refractivity contribution in [3.05, 3.63) is 54.2 Å². The quantitative estimate of drug-likeness (QED) is 0.555. The summed E-state index contributed by atoms with van der Waals surface area (Å²) in [5.41, 5.74) is 3.74. The molecule has 3 heterocycles. The lowest BCUT2D eigenvalue weighted by atomic mass is 9.97. The van der Waals surface area contributed by atoms with Crippen LogP contribution in [-0.2, 0) is 16.1 Å². The molecule has 2 aliphatic carbocycles. The van der Waals surface area contributed by atoms with Crippen LogP contribution in [0.5, 0.6) is 0 Å². The first-order valence-corrected chi connectivity index (χ1v) is 12.8. The molecule has 7 rings (SSSR count). The van der Waals surface area contributed by atoms with Crippen LogP contribution in [0.2, 0.25) is 0 Å². The minimum absolute atomic E-state index is 0.141. The lowest BCUT2D eigenvalue weighted by Crippen LogP contribution is -2.55. The van der Waals surface area contributed by atoms with Gasteiger partial charge in [0.2, 0.25) is 5.91 Å². The molecule has 178 valence electrons. The number of fused-ring (bicyclic) bond motifs is 1. The van der Waals surface area contributed by atoms with E-state index in [4.69, 9.17) is 4.99 Å². The van der Waals surface area contributed by atoms with Gasteiger partial charge in [-0.3, -0.25) is 24.2 Å². The van der Waals surface area contributed by atoms with Gasteiger partial charge in [0, 0.05) is 55.2 Å². The van der Waals surface area contributed by atoms with Gasteiger partial charge in [0.1, 0.15) is 11.4 Å². The van der Waals surface area contributed by atoms with Crippen molar-refractivity contribution < 1.29 is 9.59 Å². The van der Waals surface area contributed by atoms with Gasteiger partial charge in [0.05, 0.1) is 5.52 Å². The maximum atomic E-state index is 13.2. The maximum Gasteiger partial charge on any atom is 0.256 e. The molecule has 2 aromatic carbocycles. The van der Waals surface area contributed by atoms with Gasteiger partial charge < -0.3 is 4.90 Å². The summed E-state index contributed by atoms with van der Waals surface area (Å²) in [5, 5.41) is 5.71. The van der Waals surface area contributed by atoms with Crippen LogP contribution in [0.4, 0.5) is 0 Å². The lowest BCUT2D eigenvalue weighted by Gasteiger charge is -2.41. The molecule has 1 saturated heterocycles. The predicted octanol–water partition coefficient (Wildman–Crippen LogP) is 3.71. The zero-order valence-corrected chi connectivity index (χ0v) is 20.0. The largest absolute Gasteiger partial charge is 0.342 e. The van der Waals surface area contributed by atoms with Crippen LogP contribution >= 0.6 is 0 Å². The molecular weight excluding hydrogens is 438 g/mol. The number of rotatable bonds is 6. The van der Waals surface area contributed by atoms with Gasteiger partial charge >= 0.3 is 0 Å². The zero-order chi connectivity index (χ0) is 23.7. The van der Waals surface area contributed by atoms with Crippen LogP contribution in [0.1, 0.15) is 38.2 Å². The maximum absolute atomic E-state index is 13.2. The summed E-state index contributed by atoms with van der Waals surface area (Å²) < 4.78 is 1.96. The summed E-state index contributed by atoms with van der Waals surface area (Å²) in [6.45, 7) is 5.11. The first kappa shape index (κ1) is 20.9. The summed E-state index contributed by atoms with van der Waals surface area (Å²) in [6, 6.07) is 14.7. The number of amides is 2. The molecule has 2 aliphatic heterocycles. The summed E-state index contributed by atoms with van der Waals surface area (Å²) in [6.07, 6.45) is 5.84. The Kier molecular flexibility index (Phi) is 4.47. The Morgan fingerprint density at radius 1 is 1.03 bits per heavy atom. The van der Waals surface area contributed by atoms with Gasteiger partial charge in [-0.05, 0) is 55.9 Å². The number of hydrogen-bond donors (Lipinski definition) is 0. The number of carbonyl (C=O) groups is 2. The van der Waals surface area contributed by atoms with Crippen molar-refractivity contribution in [3.63, 3.8) is 0 Å². The van der Waals surface area contributed by atoms with Crippen molar-refractivity contribution in [2.45, 2.75) is 44.7 Å². The van der Waals surface area contributed by atoms with E-state index >= 15 is 0 Å². The zero-order valence-electron chi connectivity index (χ0n) is 20.0. The lowest BCUT2D eigenvalue weighted by molar-refractivity contribution is -0.139. The van der Waals surface area contributed by atoms with E-state index in [9.17, 15) is 9.59 Å². The van der Waals surface area contributed by atoms with Crippen LogP contribution in [0.25, 0.3) is 22.0 Å². The van der Waals surface area contributed by atoms with Crippen molar-refractivity contribution in [3.8, 4) is 11.1 Å². The number of aromatic nitrogens is 2. The Hall–Kier alpha value is -3.48. The second-order valence-corrected chi connectivity index (χ2v) is 10.6. The van der Waals surface area contributed by atoms with Crippen LogP contribution in [0.3, 0.4) is 0 Å². The molecule has 0 unspecified atom stereocenters. The number of carbonyl (C=O) groups excluding carboxylic acids is 2. The molecule has 0 atom stereocenters. The number of amidine groups is 1.